The van der Waals surface area contributed by atoms with Crippen LogP contribution in [0.15, 0.2) is 42.5 Å². The molecule has 2 rings (SSSR count). The van der Waals surface area contributed by atoms with E-state index < -0.39 is 6.10 Å². The maximum absolute atomic E-state index is 10.0. The smallest absolute Gasteiger partial charge is 0.133 e. The molecule has 2 aromatic carbocycles. The van der Waals surface area contributed by atoms with Crippen molar-refractivity contribution in [3.05, 3.63) is 58.6 Å². The van der Waals surface area contributed by atoms with E-state index in [0.717, 1.165) is 16.9 Å². The zero-order valence-corrected chi connectivity index (χ0v) is 11.8. The quantitative estimate of drug-likeness (QED) is 0.862. The van der Waals surface area contributed by atoms with Crippen molar-refractivity contribution in [1.29, 1.82) is 0 Å². The minimum atomic E-state index is -0.510. The lowest BCUT2D eigenvalue weighted by atomic mass is 10.1. The first-order chi connectivity index (χ1) is 9.11. The summed E-state index contributed by atoms with van der Waals surface area (Å²) < 4.78 is 5.90. The van der Waals surface area contributed by atoms with Crippen LogP contribution in [0.2, 0.25) is 5.02 Å². The molecule has 1 atom stereocenters. The van der Waals surface area contributed by atoms with E-state index in [1.165, 1.54) is 0 Å². The van der Waals surface area contributed by atoms with Gasteiger partial charge in [-0.25, -0.2) is 0 Å². The molecule has 0 aliphatic carbocycles. The zero-order chi connectivity index (χ0) is 13.8. The first-order valence-electron chi connectivity index (χ1n) is 6.32. The molecule has 0 fully saturated rings. The first-order valence-corrected chi connectivity index (χ1v) is 6.70. The van der Waals surface area contributed by atoms with E-state index in [0.29, 0.717) is 17.2 Å². The van der Waals surface area contributed by atoms with Crippen LogP contribution in [0.5, 0.6) is 11.5 Å². The molecule has 1 N–H and O–H groups in total. The predicted molar refractivity (Wildman–Crippen MR) is 78.0 cm³/mol. The van der Waals surface area contributed by atoms with Crippen molar-refractivity contribution in [1.82, 2.24) is 0 Å². The monoisotopic (exact) mass is 276 g/mol. The van der Waals surface area contributed by atoms with Crippen molar-refractivity contribution in [2.45, 2.75) is 26.4 Å². The fourth-order valence-corrected chi connectivity index (χ4v) is 2.14. The molecule has 0 amide bonds. The Kier molecular flexibility index (Phi) is 4.46. The minimum Gasteiger partial charge on any atom is -0.457 e. The number of ether oxygens (including phenoxy) is 1. The zero-order valence-electron chi connectivity index (χ0n) is 11.1. The van der Waals surface area contributed by atoms with Gasteiger partial charge < -0.3 is 9.84 Å². The van der Waals surface area contributed by atoms with Gasteiger partial charge in [0.15, 0.2) is 0 Å². The SMILES string of the molecule is CC[C@H](O)c1ccccc1Oc1ccc(Cl)cc1C. The van der Waals surface area contributed by atoms with Gasteiger partial charge in [0.2, 0.25) is 0 Å². The van der Waals surface area contributed by atoms with E-state index in [1.807, 2.05) is 50.2 Å². The molecule has 0 radical (unpaired) electrons. The molecule has 3 heteroatoms. The third-order valence-electron chi connectivity index (χ3n) is 3.02. The van der Waals surface area contributed by atoms with Crippen molar-refractivity contribution in [2.75, 3.05) is 0 Å². The highest BCUT2D eigenvalue weighted by Crippen LogP contribution is 2.33. The van der Waals surface area contributed by atoms with Gasteiger partial charge in [-0.05, 0) is 43.2 Å². The first kappa shape index (κ1) is 13.9. The Balaban J connectivity index is 2.33. The van der Waals surface area contributed by atoms with Crippen LogP contribution in [0.25, 0.3) is 0 Å². The Morgan fingerprint density at radius 1 is 1.16 bits per heavy atom. The highest BCUT2D eigenvalue weighted by Gasteiger charge is 2.12. The number of benzene rings is 2. The third kappa shape index (κ3) is 3.28. The van der Waals surface area contributed by atoms with E-state index >= 15 is 0 Å². The summed E-state index contributed by atoms with van der Waals surface area (Å²) in [5, 5.41) is 10.7. The molecule has 0 aromatic heterocycles. The predicted octanol–water partition coefficient (Wildman–Crippen LogP) is 4.88. The van der Waals surface area contributed by atoms with Crippen LogP contribution in [0, 0.1) is 6.92 Å². The summed E-state index contributed by atoms with van der Waals surface area (Å²) in [7, 11) is 0. The van der Waals surface area contributed by atoms with Crippen molar-refractivity contribution in [3.8, 4) is 11.5 Å². The van der Waals surface area contributed by atoms with Gasteiger partial charge in [0.25, 0.3) is 0 Å². The van der Waals surface area contributed by atoms with Gasteiger partial charge in [-0.1, -0.05) is 36.7 Å². The molecule has 2 nitrogen and oxygen atoms in total. The Morgan fingerprint density at radius 3 is 2.58 bits per heavy atom. The second-order valence-electron chi connectivity index (χ2n) is 4.47. The van der Waals surface area contributed by atoms with Crippen molar-refractivity contribution in [3.63, 3.8) is 0 Å². The van der Waals surface area contributed by atoms with Crippen LogP contribution in [-0.4, -0.2) is 5.11 Å². The molecule has 0 unspecified atom stereocenters. The van der Waals surface area contributed by atoms with E-state index in [2.05, 4.69) is 0 Å². The summed E-state index contributed by atoms with van der Waals surface area (Å²) in [4.78, 5) is 0. The molecule has 2 aromatic rings. The van der Waals surface area contributed by atoms with Crippen LogP contribution in [0.4, 0.5) is 0 Å². The second kappa shape index (κ2) is 6.09. The highest BCUT2D eigenvalue weighted by atomic mass is 35.5. The Labute approximate surface area is 118 Å². The number of rotatable bonds is 4. The molecule has 0 aliphatic heterocycles. The van der Waals surface area contributed by atoms with Crippen LogP contribution >= 0.6 is 11.6 Å². The van der Waals surface area contributed by atoms with Gasteiger partial charge in [-0.15, -0.1) is 0 Å². The number of hydrogen-bond donors (Lipinski definition) is 1. The average Bonchev–Trinajstić information content (AvgIpc) is 2.41. The van der Waals surface area contributed by atoms with Crippen LogP contribution in [0.1, 0.15) is 30.6 Å². The van der Waals surface area contributed by atoms with E-state index in [4.69, 9.17) is 16.3 Å². The summed E-state index contributed by atoms with van der Waals surface area (Å²) >= 11 is 5.93. The number of hydrogen-bond acceptors (Lipinski definition) is 2. The number of aliphatic hydroxyl groups excluding tert-OH is 1. The molecule has 0 saturated heterocycles. The minimum absolute atomic E-state index is 0.510. The summed E-state index contributed by atoms with van der Waals surface area (Å²) in [5.41, 5.74) is 1.77. The lowest BCUT2D eigenvalue weighted by Crippen LogP contribution is -1.99. The largest absolute Gasteiger partial charge is 0.457 e. The summed E-state index contributed by atoms with van der Waals surface area (Å²) in [5.74, 6) is 1.43. The molecule has 0 heterocycles. The fraction of sp³-hybridized carbons (Fsp3) is 0.250. The van der Waals surface area contributed by atoms with Crippen LogP contribution < -0.4 is 4.74 Å². The van der Waals surface area contributed by atoms with Gasteiger partial charge in [0.1, 0.15) is 11.5 Å². The van der Waals surface area contributed by atoms with Crippen LogP contribution in [-0.2, 0) is 0 Å². The highest BCUT2D eigenvalue weighted by molar-refractivity contribution is 6.30. The van der Waals surface area contributed by atoms with E-state index in [1.54, 1.807) is 6.07 Å². The molecule has 0 spiro atoms. The number of aryl methyl sites for hydroxylation is 1. The molecule has 19 heavy (non-hydrogen) atoms. The van der Waals surface area contributed by atoms with Gasteiger partial charge in [0, 0.05) is 10.6 Å². The number of aliphatic hydroxyl groups is 1. The second-order valence-corrected chi connectivity index (χ2v) is 4.91. The lowest BCUT2D eigenvalue weighted by molar-refractivity contribution is 0.170. The van der Waals surface area contributed by atoms with Crippen LogP contribution in [0.3, 0.4) is 0 Å². The van der Waals surface area contributed by atoms with Gasteiger partial charge >= 0.3 is 0 Å². The molecular formula is C16H17ClO2. The van der Waals surface area contributed by atoms with Crippen molar-refractivity contribution < 1.29 is 9.84 Å². The maximum atomic E-state index is 10.0. The average molecular weight is 277 g/mol. The van der Waals surface area contributed by atoms with Crippen molar-refractivity contribution >= 4 is 11.6 Å². The normalized spacial score (nSPS) is 12.2. The molecule has 100 valence electrons. The summed E-state index contributed by atoms with van der Waals surface area (Å²) in [6, 6.07) is 13.0. The van der Waals surface area contributed by atoms with E-state index in [-0.39, 0.29) is 0 Å². The fourth-order valence-electron chi connectivity index (χ4n) is 1.91. The lowest BCUT2D eigenvalue weighted by Gasteiger charge is -2.15. The van der Waals surface area contributed by atoms with Gasteiger partial charge in [0.05, 0.1) is 6.10 Å². The maximum Gasteiger partial charge on any atom is 0.133 e. The van der Waals surface area contributed by atoms with E-state index in [9.17, 15) is 5.11 Å². The number of halogens is 1. The Hall–Kier alpha value is -1.51. The molecule has 0 aliphatic rings. The molecular weight excluding hydrogens is 260 g/mol. The summed E-state index contributed by atoms with van der Waals surface area (Å²) in [6.45, 7) is 3.88. The Bertz CT molecular complexity index is 566. The summed E-state index contributed by atoms with van der Waals surface area (Å²) in [6.07, 6.45) is 0.142. The van der Waals surface area contributed by atoms with Gasteiger partial charge in [-0.2, -0.15) is 0 Å². The third-order valence-corrected chi connectivity index (χ3v) is 3.26. The van der Waals surface area contributed by atoms with Crippen molar-refractivity contribution in [2.24, 2.45) is 0 Å². The molecule has 0 saturated carbocycles. The van der Waals surface area contributed by atoms with Gasteiger partial charge in [-0.3, -0.25) is 0 Å². The topological polar surface area (TPSA) is 29.5 Å². The number of para-hydroxylation sites is 1. The Morgan fingerprint density at radius 2 is 1.89 bits per heavy atom. The standard InChI is InChI=1S/C16H17ClO2/c1-3-14(18)13-6-4-5-7-16(13)19-15-9-8-12(17)10-11(15)2/h4-10,14,18H,3H2,1-2H3/t14-/m0/s1. The molecule has 0 bridgehead atoms.